The molecule has 7 nitrogen and oxygen atoms in total. The van der Waals surface area contributed by atoms with Crippen LogP contribution in [-0.4, -0.2) is 80.9 Å². The first-order valence-corrected chi connectivity index (χ1v) is 8.98. The number of nitrogens with zero attached hydrogens (tertiary/aromatic N) is 1. The van der Waals surface area contributed by atoms with Gasteiger partial charge in [-0.3, -0.25) is 9.69 Å². The number of rotatable bonds is 3. The van der Waals surface area contributed by atoms with Crippen molar-refractivity contribution in [3.63, 3.8) is 0 Å². The van der Waals surface area contributed by atoms with E-state index in [-0.39, 0.29) is 12.8 Å². The third-order valence-corrected chi connectivity index (χ3v) is 6.26. The quantitative estimate of drug-likeness (QED) is 0.507. The van der Waals surface area contributed by atoms with Crippen molar-refractivity contribution < 1.29 is 30.0 Å². The Kier molecular flexibility index (Phi) is 5.18. The van der Waals surface area contributed by atoms with Crippen LogP contribution in [0.15, 0.2) is 0 Å². The molecule has 1 heterocycles. The van der Waals surface area contributed by atoms with Crippen LogP contribution in [0.3, 0.4) is 0 Å². The molecule has 7 heteroatoms. The van der Waals surface area contributed by atoms with Crippen molar-refractivity contribution in [1.29, 1.82) is 0 Å². The van der Waals surface area contributed by atoms with Gasteiger partial charge in [0.05, 0.1) is 13.2 Å². The Morgan fingerprint density at radius 3 is 2.50 bits per heavy atom. The Labute approximate surface area is 142 Å². The SMILES string of the molecule is COC(=O)C1C[C@@]2(O)C(O)C(O)C(O)CC2N1CC1CCCCC1. The van der Waals surface area contributed by atoms with Gasteiger partial charge in [-0.15, -0.1) is 0 Å². The van der Waals surface area contributed by atoms with Crippen LogP contribution in [0.1, 0.15) is 44.9 Å². The Hall–Kier alpha value is -0.730. The average molecular weight is 343 g/mol. The maximum absolute atomic E-state index is 12.2. The number of carbonyl (C=O) groups is 1. The average Bonchev–Trinajstić information content (AvgIpc) is 2.87. The molecule has 0 aromatic heterocycles. The molecule has 0 bridgehead atoms. The molecule has 1 saturated heterocycles. The number of carbonyl (C=O) groups excluding carboxylic acids is 1. The number of methoxy groups -OCH3 is 1. The van der Waals surface area contributed by atoms with E-state index in [9.17, 15) is 25.2 Å². The molecule has 1 aliphatic heterocycles. The Bertz CT molecular complexity index is 468. The summed E-state index contributed by atoms with van der Waals surface area (Å²) in [6, 6.07) is -1.21. The summed E-state index contributed by atoms with van der Waals surface area (Å²) in [5.41, 5.74) is -1.60. The van der Waals surface area contributed by atoms with Crippen LogP contribution < -0.4 is 0 Å². The lowest BCUT2D eigenvalue weighted by Crippen LogP contribution is -2.65. The second kappa shape index (κ2) is 6.88. The van der Waals surface area contributed by atoms with Crippen molar-refractivity contribution in [3.8, 4) is 0 Å². The predicted molar refractivity (Wildman–Crippen MR) is 85.1 cm³/mol. The molecule has 0 aromatic rings. The van der Waals surface area contributed by atoms with Crippen molar-refractivity contribution in [2.75, 3.05) is 13.7 Å². The van der Waals surface area contributed by atoms with Crippen LogP contribution in [0, 0.1) is 5.92 Å². The summed E-state index contributed by atoms with van der Waals surface area (Å²) < 4.78 is 4.90. The highest BCUT2D eigenvalue weighted by molar-refractivity contribution is 5.76. The summed E-state index contributed by atoms with van der Waals surface area (Å²) in [7, 11) is 1.31. The number of hydrogen-bond acceptors (Lipinski definition) is 7. The molecule has 0 aromatic carbocycles. The molecule has 2 saturated carbocycles. The molecule has 24 heavy (non-hydrogen) atoms. The summed E-state index contributed by atoms with van der Waals surface area (Å²) in [6.45, 7) is 0.641. The largest absolute Gasteiger partial charge is 0.468 e. The molecule has 3 aliphatic rings. The van der Waals surface area contributed by atoms with Crippen molar-refractivity contribution >= 4 is 5.97 Å². The molecule has 4 N–H and O–H groups in total. The maximum Gasteiger partial charge on any atom is 0.323 e. The van der Waals surface area contributed by atoms with Crippen LogP contribution in [0.2, 0.25) is 0 Å². The van der Waals surface area contributed by atoms with Gasteiger partial charge in [0.1, 0.15) is 23.9 Å². The van der Waals surface area contributed by atoms with Crippen LogP contribution in [0.5, 0.6) is 0 Å². The molecule has 6 atom stereocenters. The first-order chi connectivity index (χ1) is 11.4. The lowest BCUT2D eigenvalue weighted by molar-refractivity contribution is -0.197. The number of fused-ring (bicyclic) bond motifs is 1. The fraction of sp³-hybridized carbons (Fsp3) is 0.941. The third kappa shape index (κ3) is 2.97. The van der Waals surface area contributed by atoms with Gasteiger partial charge in [-0.05, 0) is 25.2 Å². The summed E-state index contributed by atoms with van der Waals surface area (Å²) >= 11 is 0. The van der Waals surface area contributed by atoms with E-state index >= 15 is 0 Å². The Morgan fingerprint density at radius 1 is 1.21 bits per heavy atom. The predicted octanol–water partition coefficient (Wildman–Crippen LogP) is -0.600. The Balaban J connectivity index is 1.85. The number of ether oxygens (including phenoxy) is 1. The van der Waals surface area contributed by atoms with E-state index in [0.717, 1.165) is 12.8 Å². The molecule has 3 rings (SSSR count). The minimum Gasteiger partial charge on any atom is -0.468 e. The zero-order chi connectivity index (χ0) is 17.5. The summed E-state index contributed by atoms with van der Waals surface area (Å²) in [5, 5.41) is 41.4. The highest BCUT2D eigenvalue weighted by Crippen LogP contribution is 2.44. The van der Waals surface area contributed by atoms with Gasteiger partial charge in [0.25, 0.3) is 0 Å². The van der Waals surface area contributed by atoms with Crippen molar-refractivity contribution in [1.82, 2.24) is 4.90 Å². The van der Waals surface area contributed by atoms with Crippen LogP contribution in [0.25, 0.3) is 0 Å². The number of likely N-dealkylation sites (tertiary alicyclic amines) is 1. The summed E-state index contributed by atoms with van der Waals surface area (Å²) in [6.07, 6.45) is 1.89. The summed E-state index contributed by atoms with van der Waals surface area (Å²) in [4.78, 5) is 14.1. The van der Waals surface area contributed by atoms with Gasteiger partial charge < -0.3 is 25.2 Å². The van der Waals surface area contributed by atoms with Crippen LogP contribution in [-0.2, 0) is 9.53 Å². The maximum atomic E-state index is 12.2. The van der Waals surface area contributed by atoms with Crippen molar-refractivity contribution in [2.45, 2.75) is 80.9 Å². The Morgan fingerprint density at radius 2 is 1.88 bits per heavy atom. The van der Waals surface area contributed by atoms with Gasteiger partial charge in [0.2, 0.25) is 0 Å². The van der Waals surface area contributed by atoms with E-state index in [2.05, 4.69) is 0 Å². The second-order valence-corrected chi connectivity index (χ2v) is 7.69. The van der Waals surface area contributed by atoms with E-state index < -0.39 is 42.0 Å². The van der Waals surface area contributed by atoms with Crippen molar-refractivity contribution in [2.24, 2.45) is 5.92 Å². The standard InChI is InChI=1S/C17H29NO6/c1-24-16(22)11-8-17(23)13(7-12(19)14(20)15(17)21)18(11)9-10-5-3-2-4-6-10/h10-15,19-21,23H,2-9H2,1H3/t11?,12?,13?,14?,15?,17-/m0/s1. The highest BCUT2D eigenvalue weighted by Gasteiger charge is 2.62. The lowest BCUT2D eigenvalue weighted by atomic mass is 9.75. The van der Waals surface area contributed by atoms with E-state index in [0.29, 0.717) is 12.5 Å². The zero-order valence-electron chi connectivity index (χ0n) is 14.2. The molecule has 0 spiro atoms. The van der Waals surface area contributed by atoms with E-state index in [1.165, 1.54) is 26.4 Å². The van der Waals surface area contributed by atoms with Crippen LogP contribution in [0.4, 0.5) is 0 Å². The van der Waals surface area contributed by atoms with Crippen molar-refractivity contribution in [3.05, 3.63) is 0 Å². The fourth-order valence-corrected chi connectivity index (χ4v) is 4.88. The molecule has 5 unspecified atom stereocenters. The van der Waals surface area contributed by atoms with E-state index in [1.807, 2.05) is 4.90 Å². The van der Waals surface area contributed by atoms with Crippen LogP contribution >= 0.6 is 0 Å². The molecule has 2 aliphatic carbocycles. The summed E-state index contributed by atoms with van der Waals surface area (Å²) in [5.74, 6) is -0.000735. The minimum absolute atomic E-state index is 0.0159. The lowest BCUT2D eigenvalue weighted by Gasteiger charge is -2.46. The first kappa shape index (κ1) is 18.1. The number of aliphatic hydroxyl groups is 4. The highest BCUT2D eigenvalue weighted by atomic mass is 16.5. The van der Waals surface area contributed by atoms with Gasteiger partial charge in [-0.1, -0.05) is 19.3 Å². The van der Waals surface area contributed by atoms with Gasteiger partial charge in [0.15, 0.2) is 0 Å². The monoisotopic (exact) mass is 343 g/mol. The third-order valence-electron chi connectivity index (χ3n) is 6.26. The zero-order valence-corrected chi connectivity index (χ0v) is 14.2. The van der Waals surface area contributed by atoms with Gasteiger partial charge in [0, 0.05) is 19.0 Å². The second-order valence-electron chi connectivity index (χ2n) is 7.69. The molecule has 138 valence electrons. The molecular weight excluding hydrogens is 314 g/mol. The van der Waals surface area contributed by atoms with Gasteiger partial charge in [-0.25, -0.2) is 0 Å². The normalized spacial score (nSPS) is 44.3. The molecule has 0 radical (unpaired) electrons. The topological polar surface area (TPSA) is 110 Å². The number of esters is 1. The minimum atomic E-state index is -1.60. The molecular formula is C17H29NO6. The fourth-order valence-electron chi connectivity index (χ4n) is 4.88. The van der Waals surface area contributed by atoms with Gasteiger partial charge in [-0.2, -0.15) is 0 Å². The number of hydrogen-bond donors (Lipinski definition) is 4. The van der Waals surface area contributed by atoms with E-state index in [1.54, 1.807) is 0 Å². The number of aliphatic hydroxyl groups excluding tert-OH is 3. The van der Waals surface area contributed by atoms with Gasteiger partial charge >= 0.3 is 5.97 Å². The molecule has 3 fully saturated rings. The first-order valence-electron chi connectivity index (χ1n) is 8.98. The molecule has 0 amide bonds. The smallest absolute Gasteiger partial charge is 0.323 e. The van der Waals surface area contributed by atoms with E-state index in [4.69, 9.17) is 4.74 Å².